The monoisotopic (exact) mass is 643 g/mol. The number of nitrogens with two attached hydrogens (primary N) is 1. The van der Waals surface area contributed by atoms with Crippen LogP contribution in [0, 0.1) is 28.6 Å². The predicted molar refractivity (Wildman–Crippen MR) is 159 cm³/mol. The molecule has 1 saturated heterocycles. The molecule has 240 valence electrons. The average molecular weight is 645 g/mol. The molecule has 0 radical (unpaired) electrons. The lowest BCUT2D eigenvalue weighted by atomic mass is 9.78. The molecule has 3 fully saturated rings. The predicted octanol–water partition coefficient (Wildman–Crippen LogP) is 2.16. The van der Waals surface area contributed by atoms with Crippen LogP contribution in [0.1, 0.15) is 67.7 Å². The summed E-state index contributed by atoms with van der Waals surface area (Å²) in [6, 6.07) is -5.29. The molecular weight excluding hydrogens is 601 g/mol. The summed E-state index contributed by atoms with van der Waals surface area (Å²) in [6.45, 7) is 15.6. The Morgan fingerprint density at radius 1 is 0.953 bits per heavy atom. The maximum absolute atomic E-state index is 14.1. The minimum absolute atomic E-state index is 0.0396. The summed E-state index contributed by atoms with van der Waals surface area (Å²) in [7, 11) is 0. The van der Waals surface area contributed by atoms with E-state index in [9.17, 15) is 28.8 Å². The summed E-state index contributed by atoms with van der Waals surface area (Å²) in [5.74, 6) is -5.16. The molecule has 3 aliphatic rings. The van der Waals surface area contributed by atoms with Crippen LogP contribution in [0.25, 0.3) is 0 Å². The quantitative estimate of drug-likeness (QED) is 0.122. The van der Waals surface area contributed by atoms with E-state index in [-0.39, 0.29) is 18.2 Å². The Morgan fingerprint density at radius 2 is 1.49 bits per heavy atom. The van der Waals surface area contributed by atoms with Crippen molar-refractivity contribution in [3.63, 3.8) is 0 Å². The molecule has 5 amide bonds. The second kappa shape index (κ2) is 12.3. The number of ether oxygens (including phenoxy) is 1. The van der Waals surface area contributed by atoms with Crippen molar-refractivity contribution in [2.45, 2.75) is 96.2 Å². The lowest BCUT2D eigenvalue weighted by molar-refractivity contribution is -0.145. The molecule has 2 aliphatic carbocycles. The minimum Gasteiger partial charge on any atom is -0.430 e. The second-order valence-corrected chi connectivity index (χ2v) is 15.4. The molecule has 3 rings (SSSR count). The molecular formula is C29H43Cl2N5O7. The van der Waals surface area contributed by atoms with Gasteiger partial charge >= 0.3 is 12.0 Å². The van der Waals surface area contributed by atoms with E-state index >= 15 is 0 Å². The number of likely N-dealkylation sites (tertiary alicyclic amines) is 1. The van der Waals surface area contributed by atoms with E-state index < -0.39 is 86.7 Å². The van der Waals surface area contributed by atoms with Crippen molar-refractivity contribution < 1.29 is 33.5 Å². The topological polar surface area (TPSA) is 177 Å². The Balaban J connectivity index is 1.84. The van der Waals surface area contributed by atoms with Crippen LogP contribution in [0.2, 0.25) is 0 Å². The van der Waals surface area contributed by atoms with Gasteiger partial charge in [0.15, 0.2) is 0 Å². The Kier molecular flexibility index (Phi) is 9.88. The zero-order valence-electron chi connectivity index (χ0n) is 25.7. The highest BCUT2D eigenvalue weighted by molar-refractivity contribution is 6.51. The van der Waals surface area contributed by atoms with Gasteiger partial charge in [-0.3, -0.25) is 19.2 Å². The lowest BCUT2D eigenvalue weighted by Crippen LogP contribution is -2.63. The van der Waals surface area contributed by atoms with E-state index in [0.717, 1.165) is 6.42 Å². The van der Waals surface area contributed by atoms with E-state index in [1.165, 1.54) is 11.8 Å². The molecule has 0 aromatic carbocycles. The maximum atomic E-state index is 14.1. The van der Waals surface area contributed by atoms with Crippen molar-refractivity contribution in [1.29, 1.82) is 0 Å². The molecule has 0 aromatic heterocycles. The number of hydrogen-bond donors (Lipinski definition) is 4. The third-order valence-electron chi connectivity index (χ3n) is 8.37. The van der Waals surface area contributed by atoms with Gasteiger partial charge in [0.05, 0.1) is 5.76 Å². The molecule has 0 aromatic rings. The highest BCUT2D eigenvalue weighted by Gasteiger charge is 2.74. The zero-order valence-corrected chi connectivity index (χ0v) is 27.2. The average Bonchev–Trinajstić information content (AvgIpc) is 3.15. The Labute approximate surface area is 262 Å². The van der Waals surface area contributed by atoms with Gasteiger partial charge in [-0.15, -0.1) is 23.2 Å². The van der Waals surface area contributed by atoms with Crippen LogP contribution in [0.15, 0.2) is 12.3 Å². The number of primary amides is 1. The van der Waals surface area contributed by atoms with Gasteiger partial charge in [-0.05, 0) is 36.5 Å². The molecule has 14 heteroatoms. The highest BCUT2D eigenvalue weighted by atomic mass is 35.5. The van der Waals surface area contributed by atoms with Crippen LogP contribution < -0.4 is 21.7 Å². The van der Waals surface area contributed by atoms with Crippen molar-refractivity contribution in [2.75, 3.05) is 6.54 Å². The summed E-state index contributed by atoms with van der Waals surface area (Å²) in [5, 5.41) is 7.94. The van der Waals surface area contributed by atoms with E-state index in [2.05, 4.69) is 22.5 Å². The van der Waals surface area contributed by atoms with Crippen molar-refractivity contribution in [1.82, 2.24) is 20.9 Å². The number of carbonyl (C=O) groups is 6. The number of urea groups is 1. The van der Waals surface area contributed by atoms with Gasteiger partial charge in [0, 0.05) is 18.4 Å². The first-order valence-corrected chi connectivity index (χ1v) is 15.1. The first-order chi connectivity index (χ1) is 19.6. The fourth-order valence-corrected chi connectivity index (χ4v) is 6.50. The molecule has 0 spiro atoms. The number of esters is 1. The molecule has 6 atom stereocenters. The second-order valence-electron chi connectivity index (χ2n) is 14.0. The van der Waals surface area contributed by atoms with Gasteiger partial charge in [-0.25, -0.2) is 9.59 Å². The number of piperidine rings is 1. The highest BCUT2D eigenvalue weighted by Crippen LogP contribution is 2.65. The molecule has 43 heavy (non-hydrogen) atoms. The van der Waals surface area contributed by atoms with Crippen LogP contribution in [0.5, 0.6) is 0 Å². The summed E-state index contributed by atoms with van der Waals surface area (Å²) >= 11 is 12.9. The van der Waals surface area contributed by atoms with E-state index in [4.69, 9.17) is 33.7 Å². The zero-order chi connectivity index (χ0) is 32.8. The normalized spacial score (nSPS) is 24.8. The summed E-state index contributed by atoms with van der Waals surface area (Å²) < 4.78 is 3.88. The minimum atomic E-state index is -1.26. The maximum Gasteiger partial charge on any atom is 0.334 e. The molecule has 1 aliphatic heterocycles. The van der Waals surface area contributed by atoms with Gasteiger partial charge in [-0.1, -0.05) is 54.5 Å². The molecule has 1 heterocycles. The number of nitrogens with zero attached hydrogens (tertiary/aromatic N) is 1. The van der Waals surface area contributed by atoms with Crippen LogP contribution in [0.3, 0.4) is 0 Å². The van der Waals surface area contributed by atoms with E-state index in [1.807, 2.05) is 0 Å². The van der Waals surface area contributed by atoms with E-state index in [0.29, 0.717) is 12.8 Å². The van der Waals surface area contributed by atoms with Crippen LogP contribution in [-0.4, -0.2) is 75.5 Å². The van der Waals surface area contributed by atoms with Crippen LogP contribution >= 0.6 is 23.2 Å². The number of ketones is 1. The fourth-order valence-electron chi connectivity index (χ4n) is 5.67. The smallest absolute Gasteiger partial charge is 0.334 e. The number of nitrogens with one attached hydrogen (secondary N) is 3. The van der Waals surface area contributed by atoms with E-state index in [1.54, 1.807) is 41.5 Å². The number of fused-ring (bicyclic) bond motifs is 1. The van der Waals surface area contributed by atoms with Crippen LogP contribution in [-0.2, 0) is 28.7 Å². The number of halogens is 2. The number of allylic oxidation sites excluding steroid dienone is 1. The van der Waals surface area contributed by atoms with Crippen molar-refractivity contribution in [3.05, 3.63) is 12.3 Å². The molecule has 2 saturated carbocycles. The number of alkyl halides is 2. The Morgan fingerprint density at radius 3 is 1.93 bits per heavy atom. The number of hydrogen-bond acceptors (Lipinski definition) is 7. The summed E-state index contributed by atoms with van der Waals surface area (Å²) in [6.07, 6.45) is 2.12. The third kappa shape index (κ3) is 7.45. The number of carbonyl (C=O) groups excluding carboxylic acids is 6. The summed E-state index contributed by atoms with van der Waals surface area (Å²) in [5.41, 5.74) is 3.67. The molecule has 0 bridgehead atoms. The molecule has 1 unspecified atom stereocenters. The van der Waals surface area contributed by atoms with Gasteiger partial charge in [0.1, 0.15) is 28.5 Å². The van der Waals surface area contributed by atoms with Crippen molar-refractivity contribution >= 4 is 58.7 Å². The number of rotatable bonds is 10. The third-order valence-corrected chi connectivity index (χ3v) is 9.43. The lowest BCUT2D eigenvalue weighted by Gasteiger charge is -2.39. The molecule has 12 nitrogen and oxygen atoms in total. The fraction of sp³-hybridized carbons (Fsp3) is 0.724. The van der Waals surface area contributed by atoms with Crippen molar-refractivity contribution in [2.24, 2.45) is 34.3 Å². The first kappa shape index (κ1) is 34.6. The summed E-state index contributed by atoms with van der Waals surface area (Å²) in [4.78, 5) is 79.3. The Bertz CT molecular complexity index is 1200. The van der Waals surface area contributed by atoms with Gasteiger partial charge < -0.3 is 31.3 Å². The first-order valence-electron chi connectivity index (χ1n) is 14.4. The SMILES string of the molecule is C=C(C)OC(=O)[C@@H](NC(=O)N[C@H](C(=O)N1C[C@H]2[C@@H]([C@H]1C(=O)NC(C(=O)C(N)=O)C1CCC1)C2(Cl)Cl)C(C)(C)C)C(C)(C)C. The number of amides is 5. The largest absolute Gasteiger partial charge is 0.430 e. The van der Waals surface area contributed by atoms with Crippen molar-refractivity contribution in [3.8, 4) is 0 Å². The van der Waals surface area contributed by atoms with Gasteiger partial charge in [-0.2, -0.15) is 0 Å². The standard InChI is InChI=1S/C29H43Cl2N5O7/c1-13(2)43-25(41)21(28(6,7)8)35-26(42)34-20(27(3,4)5)24(40)36-12-15-16(29(15,30)31)18(36)23(39)33-17(14-10-9-11-14)19(37)22(32)38/h14-18,20-21H,1,9-12H2,2-8H3,(H2,32,38)(H,33,39)(H2,34,35,42)/t15-,16-,17?,18-,20+,21+/m0/s1. The number of Topliss-reactive ketones (excluding diaryl/α,β-unsaturated/α-hetero) is 1. The van der Waals surface area contributed by atoms with Crippen LogP contribution in [0.4, 0.5) is 4.79 Å². The van der Waals surface area contributed by atoms with Gasteiger partial charge in [0.2, 0.25) is 17.6 Å². The Hall–Kier alpha value is -2.86. The van der Waals surface area contributed by atoms with Gasteiger partial charge in [0.25, 0.3) is 5.91 Å². The molecule has 5 N–H and O–H groups in total.